The Morgan fingerprint density at radius 2 is 1.55 bits per heavy atom. The van der Waals surface area contributed by atoms with Crippen LogP contribution in [0, 0.1) is 0 Å². The summed E-state index contributed by atoms with van der Waals surface area (Å²) < 4.78 is 48.4. The van der Waals surface area contributed by atoms with Crippen molar-refractivity contribution in [1.29, 1.82) is 0 Å². The van der Waals surface area contributed by atoms with E-state index >= 15 is 0 Å². The second-order valence-electron chi connectivity index (χ2n) is 9.51. The fourth-order valence-corrected chi connectivity index (χ4v) is 5.21. The molecule has 0 unspecified atom stereocenters. The first-order valence-corrected chi connectivity index (χ1v) is 12.8. The highest BCUT2D eigenvalue weighted by Crippen LogP contribution is 2.45. The van der Waals surface area contributed by atoms with Crippen molar-refractivity contribution in [2.24, 2.45) is 0 Å². The minimum Gasteiger partial charge on any atom is -0.356 e. The monoisotopic (exact) mass is 469 g/mol. The maximum atomic E-state index is 14.5. The highest BCUT2D eigenvalue weighted by Gasteiger charge is 2.64. The first-order valence-electron chi connectivity index (χ1n) is 12.8. The van der Waals surface area contributed by atoms with Crippen molar-refractivity contribution in [3.05, 3.63) is 35.9 Å². The fourth-order valence-electron chi connectivity index (χ4n) is 5.21. The number of likely N-dealkylation sites (tertiary alicyclic amines) is 1. The lowest BCUT2D eigenvalue weighted by atomic mass is 9.86. The van der Waals surface area contributed by atoms with E-state index < -0.39 is 17.7 Å². The molecule has 0 aromatic heterocycles. The van der Waals surface area contributed by atoms with Gasteiger partial charge in [-0.2, -0.15) is 13.2 Å². The number of hydrogen-bond donors (Lipinski definition) is 0. The van der Waals surface area contributed by atoms with E-state index in [1.54, 1.807) is 6.07 Å². The molecule has 1 saturated heterocycles. The van der Waals surface area contributed by atoms with Gasteiger partial charge in [0, 0.05) is 24.8 Å². The van der Waals surface area contributed by atoms with Gasteiger partial charge in [-0.05, 0) is 32.6 Å². The first-order chi connectivity index (χ1) is 15.8. The zero-order valence-corrected chi connectivity index (χ0v) is 20.6. The minimum atomic E-state index is -4.86. The van der Waals surface area contributed by atoms with E-state index in [2.05, 4.69) is 6.92 Å². The molecule has 1 aromatic rings. The number of amides is 1. The third-order valence-electron chi connectivity index (χ3n) is 7.09. The van der Waals surface area contributed by atoms with E-state index in [1.807, 2.05) is 6.92 Å². The number of carbonyl (C=O) groups is 1. The highest BCUT2D eigenvalue weighted by molar-refractivity contribution is 5.88. The summed E-state index contributed by atoms with van der Waals surface area (Å²) in [4.78, 5) is 15.2. The zero-order valence-electron chi connectivity index (χ0n) is 20.6. The van der Waals surface area contributed by atoms with Gasteiger partial charge in [0.15, 0.2) is 0 Å². The van der Waals surface area contributed by atoms with Gasteiger partial charge < -0.3 is 9.64 Å². The van der Waals surface area contributed by atoms with Crippen LogP contribution in [0.4, 0.5) is 13.2 Å². The Labute approximate surface area is 198 Å². The molecule has 0 N–H and O–H groups in total. The summed E-state index contributed by atoms with van der Waals surface area (Å²) in [6, 6.07) is 6.92. The fraction of sp³-hybridized carbons (Fsp3) is 0.741. The van der Waals surface area contributed by atoms with Crippen molar-refractivity contribution >= 4 is 5.91 Å². The van der Waals surface area contributed by atoms with Crippen molar-refractivity contribution in [3.63, 3.8) is 0 Å². The number of unbranched alkanes of at least 4 members (excludes halogenated alkanes) is 8. The Morgan fingerprint density at radius 3 is 2.09 bits per heavy atom. The van der Waals surface area contributed by atoms with Gasteiger partial charge in [-0.3, -0.25) is 4.79 Å². The van der Waals surface area contributed by atoms with Gasteiger partial charge in [0.25, 0.3) is 11.5 Å². The normalized spacial score (nSPS) is 21.1. The molecule has 33 heavy (non-hydrogen) atoms. The average Bonchev–Trinajstić information content (AvgIpc) is 2.78. The van der Waals surface area contributed by atoms with Crippen LogP contribution >= 0.6 is 0 Å². The lowest BCUT2D eigenvalue weighted by Gasteiger charge is -2.46. The van der Waals surface area contributed by atoms with Crippen molar-refractivity contribution in [1.82, 2.24) is 4.90 Å². The molecule has 0 bridgehead atoms. The van der Waals surface area contributed by atoms with Crippen LogP contribution in [0.2, 0.25) is 0 Å². The molecule has 1 fully saturated rings. The Balaban J connectivity index is 2.08. The average molecular weight is 470 g/mol. The number of alkyl halides is 3. The number of piperidine rings is 1. The standard InChI is InChI=1S/C27H42F3NO2/c1-4-5-6-7-8-9-10-11-15-20-24-21-16-17-22(2)31(24)25(32)26(33-3,27(28,29)30)23-18-13-12-14-19-23/h12-14,18-19,22,24H,4-11,15-17,20-21H2,1-3H3/t22-,24-,26+/m1/s1. The topological polar surface area (TPSA) is 29.5 Å². The maximum Gasteiger partial charge on any atom is 0.430 e. The Hall–Kier alpha value is -1.56. The van der Waals surface area contributed by atoms with Crippen molar-refractivity contribution in [3.8, 4) is 0 Å². The van der Waals surface area contributed by atoms with Gasteiger partial charge in [0.1, 0.15) is 0 Å². The quantitative estimate of drug-likeness (QED) is 0.276. The van der Waals surface area contributed by atoms with Crippen molar-refractivity contribution < 1.29 is 22.7 Å². The van der Waals surface area contributed by atoms with Crippen LogP contribution in [0.3, 0.4) is 0 Å². The maximum absolute atomic E-state index is 14.5. The predicted octanol–water partition coefficient (Wildman–Crippen LogP) is 7.78. The minimum absolute atomic E-state index is 0.162. The van der Waals surface area contributed by atoms with Crippen LogP contribution in [0.1, 0.15) is 103 Å². The van der Waals surface area contributed by atoms with Crippen LogP contribution in [0.5, 0.6) is 0 Å². The first kappa shape index (κ1) is 27.7. The molecule has 1 amide bonds. The SMILES string of the molecule is CCCCCCCCCCC[C@@H]1CCC[C@@H](C)N1C(=O)[C@@](OC)(c1ccccc1)C(F)(F)F. The van der Waals surface area contributed by atoms with Gasteiger partial charge >= 0.3 is 6.18 Å². The third kappa shape index (κ3) is 6.97. The molecule has 1 aliphatic heterocycles. The number of carbonyl (C=O) groups excluding carboxylic acids is 1. The Kier molecular flexibility index (Phi) is 11.2. The molecule has 1 heterocycles. The summed E-state index contributed by atoms with van der Waals surface area (Å²) in [5.41, 5.74) is -3.14. The van der Waals surface area contributed by atoms with Gasteiger partial charge in [-0.25, -0.2) is 0 Å². The van der Waals surface area contributed by atoms with Crippen LogP contribution < -0.4 is 0 Å². The summed E-state index contributed by atoms with van der Waals surface area (Å²) in [6.07, 6.45) is 9.03. The number of hydrogen-bond acceptors (Lipinski definition) is 2. The number of methoxy groups -OCH3 is 1. The second-order valence-corrected chi connectivity index (χ2v) is 9.51. The van der Waals surface area contributed by atoms with E-state index in [4.69, 9.17) is 4.74 Å². The van der Waals surface area contributed by atoms with E-state index in [0.717, 1.165) is 45.6 Å². The number of ether oxygens (including phenoxy) is 1. The zero-order chi connectivity index (χ0) is 24.3. The van der Waals surface area contributed by atoms with Gasteiger partial charge in [0.05, 0.1) is 0 Å². The van der Waals surface area contributed by atoms with Crippen molar-refractivity contribution in [2.45, 2.75) is 121 Å². The number of benzene rings is 1. The molecule has 3 atom stereocenters. The van der Waals surface area contributed by atoms with Crippen LogP contribution in [-0.4, -0.2) is 36.2 Å². The lowest BCUT2D eigenvalue weighted by molar-refractivity contribution is -0.272. The summed E-state index contributed by atoms with van der Waals surface area (Å²) in [5.74, 6) is -0.975. The Bertz CT molecular complexity index is 694. The van der Waals surface area contributed by atoms with Gasteiger partial charge in [0.2, 0.25) is 0 Å². The van der Waals surface area contributed by atoms with Crippen molar-refractivity contribution in [2.75, 3.05) is 7.11 Å². The van der Waals surface area contributed by atoms with Crippen LogP contribution in [0.15, 0.2) is 30.3 Å². The molecule has 0 radical (unpaired) electrons. The third-order valence-corrected chi connectivity index (χ3v) is 7.09. The number of halogens is 3. The Morgan fingerprint density at radius 1 is 0.970 bits per heavy atom. The summed E-state index contributed by atoms with van der Waals surface area (Å²) in [6.45, 7) is 4.08. The molecular weight excluding hydrogens is 427 g/mol. The van der Waals surface area contributed by atoms with Crippen LogP contribution in [0.25, 0.3) is 0 Å². The molecule has 3 nitrogen and oxygen atoms in total. The number of rotatable bonds is 13. The molecule has 0 spiro atoms. The van der Waals surface area contributed by atoms with Gasteiger partial charge in [-0.1, -0.05) is 95.0 Å². The summed E-state index contributed by atoms with van der Waals surface area (Å²) >= 11 is 0. The summed E-state index contributed by atoms with van der Waals surface area (Å²) in [7, 11) is 0.989. The van der Waals surface area contributed by atoms with Crippen LogP contribution in [-0.2, 0) is 15.1 Å². The predicted molar refractivity (Wildman–Crippen MR) is 127 cm³/mol. The molecule has 6 heteroatoms. The molecule has 1 aromatic carbocycles. The van der Waals surface area contributed by atoms with Gasteiger partial charge in [-0.15, -0.1) is 0 Å². The van der Waals surface area contributed by atoms with E-state index in [9.17, 15) is 18.0 Å². The van der Waals surface area contributed by atoms with E-state index in [-0.39, 0.29) is 17.6 Å². The van der Waals surface area contributed by atoms with E-state index in [1.165, 1.54) is 67.7 Å². The molecule has 1 aliphatic rings. The molecule has 0 aliphatic carbocycles. The van der Waals surface area contributed by atoms with E-state index in [0.29, 0.717) is 6.42 Å². The largest absolute Gasteiger partial charge is 0.430 e. The smallest absolute Gasteiger partial charge is 0.356 e. The molecule has 2 rings (SSSR count). The lowest BCUT2D eigenvalue weighted by Crippen LogP contribution is -2.61. The molecular formula is C27H42F3NO2. The molecule has 188 valence electrons. The summed E-state index contributed by atoms with van der Waals surface area (Å²) in [5, 5.41) is 0. The number of nitrogens with zero attached hydrogens (tertiary/aromatic N) is 1. The second kappa shape index (κ2) is 13.4. The highest BCUT2D eigenvalue weighted by atomic mass is 19.4. The molecule has 0 saturated carbocycles.